The summed E-state index contributed by atoms with van der Waals surface area (Å²) < 4.78 is 32.5. The molecule has 0 saturated carbocycles. The number of benzene rings is 1. The van der Waals surface area contributed by atoms with Crippen LogP contribution in [0.25, 0.3) is 0 Å². The predicted octanol–water partition coefficient (Wildman–Crippen LogP) is 3.74. The lowest BCUT2D eigenvalue weighted by atomic mass is 10.3. The van der Waals surface area contributed by atoms with Crippen molar-refractivity contribution in [3.8, 4) is 5.75 Å². The quantitative estimate of drug-likeness (QED) is 0.659. The lowest BCUT2D eigenvalue weighted by molar-refractivity contribution is 0.417. The molecule has 0 spiro atoms. The highest BCUT2D eigenvalue weighted by Crippen LogP contribution is 2.28. The Morgan fingerprint density at radius 3 is 2.40 bits per heavy atom. The third-order valence-electron chi connectivity index (χ3n) is 3.09. The molecule has 3 rings (SSSR count). The number of rotatable bonds is 6. The number of aromatic nitrogens is 2. The van der Waals surface area contributed by atoms with E-state index in [1.54, 1.807) is 13.2 Å². The van der Waals surface area contributed by atoms with Crippen molar-refractivity contribution in [2.45, 2.75) is 4.21 Å². The van der Waals surface area contributed by atoms with Crippen LogP contribution in [0.2, 0.25) is 4.34 Å². The smallest absolute Gasteiger partial charge is 0.272 e. The van der Waals surface area contributed by atoms with E-state index in [4.69, 9.17) is 16.3 Å². The molecule has 0 unspecified atom stereocenters. The van der Waals surface area contributed by atoms with Crippen LogP contribution in [0.5, 0.6) is 5.75 Å². The molecule has 2 heterocycles. The van der Waals surface area contributed by atoms with Gasteiger partial charge in [-0.1, -0.05) is 23.7 Å². The van der Waals surface area contributed by atoms with Gasteiger partial charge in [0, 0.05) is 0 Å². The van der Waals surface area contributed by atoms with Crippen LogP contribution in [0.3, 0.4) is 0 Å². The number of ether oxygens (including phenoxy) is 1. The van der Waals surface area contributed by atoms with E-state index >= 15 is 0 Å². The molecule has 0 bridgehead atoms. The Morgan fingerprint density at radius 1 is 1.04 bits per heavy atom. The van der Waals surface area contributed by atoms with E-state index in [1.807, 2.05) is 24.3 Å². The summed E-state index contributed by atoms with van der Waals surface area (Å²) in [5.41, 5.74) is 0.723. The highest BCUT2D eigenvalue weighted by molar-refractivity contribution is 7.94. The highest BCUT2D eigenvalue weighted by Gasteiger charge is 2.17. The molecular formula is C15H13ClN4O3S2. The maximum absolute atomic E-state index is 12.2. The summed E-state index contributed by atoms with van der Waals surface area (Å²) in [6, 6.07) is 13.4. The lowest BCUT2D eigenvalue weighted by Crippen LogP contribution is -2.13. The number of nitrogens with zero attached hydrogens (tertiary/aromatic N) is 2. The van der Waals surface area contributed by atoms with Crippen LogP contribution in [0, 0.1) is 0 Å². The lowest BCUT2D eigenvalue weighted by Gasteiger charge is -2.10. The number of hydrogen-bond acceptors (Lipinski definition) is 7. The summed E-state index contributed by atoms with van der Waals surface area (Å²) in [6.45, 7) is 0. The van der Waals surface area contributed by atoms with Crippen LogP contribution >= 0.6 is 22.9 Å². The number of methoxy groups -OCH3 is 1. The summed E-state index contributed by atoms with van der Waals surface area (Å²) in [5.74, 6) is 1.21. The number of para-hydroxylation sites is 2. The first-order valence-corrected chi connectivity index (χ1v) is 9.67. The van der Waals surface area contributed by atoms with Crippen molar-refractivity contribution in [3.05, 3.63) is 52.9 Å². The van der Waals surface area contributed by atoms with Gasteiger partial charge in [0.05, 0.1) is 17.1 Å². The Kier molecular flexibility index (Phi) is 5.07. The molecule has 0 atom stereocenters. The first kappa shape index (κ1) is 17.5. The Labute approximate surface area is 153 Å². The van der Waals surface area contributed by atoms with Gasteiger partial charge in [-0.3, -0.25) is 4.72 Å². The Bertz CT molecular complexity index is 974. The van der Waals surface area contributed by atoms with E-state index in [2.05, 4.69) is 20.2 Å². The van der Waals surface area contributed by atoms with Crippen molar-refractivity contribution in [1.82, 2.24) is 10.2 Å². The number of hydrogen-bond donors (Lipinski definition) is 2. The van der Waals surface area contributed by atoms with Gasteiger partial charge >= 0.3 is 0 Å². The molecular weight excluding hydrogens is 384 g/mol. The number of sulfonamides is 1. The molecule has 0 saturated heterocycles. The van der Waals surface area contributed by atoms with E-state index in [0.717, 1.165) is 17.0 Å². The van der Waals surface area contributed by atoms with E-state index in [9.17, 15) is 8.42 Å². The van der Waals surface area contributed by atoms with Gasteiger partial charge in [0.2, 0.25) is 0 Å². The van der Waals surface area contributed by atoms with Crippen LogP contribution in [-0.4, -0.2) is 25.7 Å². The Hall–Kier alpha value is -2.36. The molecule has 7 nitrogen and oxygen atoms in total. The molecule has 2 aromatic heterocycles. The van der Waals surface area contributed by atoms with Crippen molar-refractivity contribution >= 4 is 50.3 Å². The van der Waals surface area contributed by atoms with Gasteiger partial charge in [0.25, 0.3) is 10.0 Å². The predicted molar refractivity (Wildman–Crippen MR) is 98.4 cm³/mol. The topological polar surface area (TPSA) is 93.2 Å². The standard InChI is InChI=1S/C15H13ClN4O3S2/c1-23-11-5-3-2-4-10(11)17-13-7-8-14(19-18-13)20-25(21,22)15-9-6-12(16)24-15/h2-9H,1H3,(H,17,18)(H,19,20). The SMILES string of the molecule is COc1ccccc1Nc1ccc(NS(=O)(=O)c2ccc(Cl)s2)nn1. The monoisotopic (exact) mass is 396 g/mol. The zero-order chi connectivity index (χ0) is 17.9. The molecule has 0 aliphatic heterocycles. The van der Waals surface area contributed by atoms with E-state index in [-0.39, 0.29) is 10.0 Å². The first-order valence-electron chi connectivity index (χ1n) is 7.00. The van der Waals surface area contributed by atoms with E-state index < -0.39 is 10.0 Å². The van der Waals surface area contributed by atoms with Gasteiger partial charge in [-0.05, 0) is 36.4 Å². The number of nitrogens with one attached hydrogen (secondary N) is 2. The second kappa shape index (κ2) is 7.26. The molecule has 0 fully saturated rings. The zero-order valence-corrected chi connectivity index (χ0v) is 15.3. The molecule has 0 amide bonds. The van der Waals surface area contributed by atoms with Gasteiger partial charge in [0.1, 0.15) is 9.96 Å². The normalized spacial score (nSPS) is 11.1. The van der Waals surface area contributed by atoms with Gasteiger partial charge in [-0.2, -0.15) is 0 Å². The molecule has 25 heavy (non-hydrogen) atoms. The van der Waals surface area contributed by atoms with Crippen molar-refractivity contribution in [2.24, 2.45) is 0 Å². The maximum Gasteiger partial charge on any atom is 0.272 e. The van der Waals surface area contributed by atoms with Gasteiger partial charge in [0.15, 0.2) is 11.6 Å². The molecule has 130 valence electrons. The number of thiophene rings is 1. The molecule has 0 aliphatic carbocycles. The number of halogens is 1. The van der Waals surface area contributed by atoms with E-state index in [1.165, 1.54) is 18.2 Å². The van der Waals surface area contributed by atoms with Crippen LogP contribution in [0.15, 0.2) is 52.7 Å². The molecule has 2 N–H and O–H groups in total. The average molecular weight is 397 g/mol. The van der Waals surface area contributed by atoms with E-state index in [0.29, 0.717) is 15.9 Å². The second-order valence-electron chi connectivity index (χ2n) is 4.79. The van der Waals surface area contributed by atoms with Crippen molar-refractivity contribution in [1.29, 1.82) is 0 Å². The third-order valence-corrected chi connectivity index (χ3v) is 6.16. The van der Waals surface area contributed by atoms with Crippen molar-refractivity contribution < 1.29 is 13.2 Å². The summed E-state index contributed by atoms with van der Waals surface area (Å²) in [7, 11) is -2.16. The van der Waals surface area contributed by atoms with Crippen LogP contribution in [0.1, 0.15) is 0 Å². The summed E-state index contributed by atoms with van der Waals surface area (Å²) >= 11 is 6.74. The first-order chi connectivity index (χ1) is 12.0. The summed E-state index contributed by atoms with van der Waals surface area (Å²) in [5, 5.41) is 10.9. The molecule has 0 radical (unpaired) electrons. The van der Waals surface area contributed by atoms with Gasteiger partial charge < -0.3 is 10.1 Å². The zero-order valence-electron chi connectivity index (χ0n) is 12.9. The minimum Gasteiger partial charge on any atom is -0.495 e. The minimum absolute atomic E-state index is 0.107. The average Bonchev–Trinajstić information content (AvgIpc) is 3.04. The van der Waals surface area contributed by atoms with Crippen LogP contribution < -0.4 is 14.8 Å². The molecule has 10 heteroatoms. The molecule has 1 aromatic carbocycles. The molecule has 0 aliphatic rings. The van der Waals surface area contributed by atoms with Crippen molar-refractivity contribution in [3.63, 3.8) is 0 Å². The largest absolute Gasteiger partial charge is 0.495 e. The summed E-state index contributed by atoms with van der Waals surface area (Å²) in [6.07, 6.45) is 0. The van der Waals surface area contributed by atoms with Gasteiger partial charge in [-0.25, -0.2) is 8.42 Å². The van der Waals surface area contributed by atoms with Crippen LogP contribution in [0.4, 0.5) is 17.3 Å². The fraction of sp³-hybridized carbons (Fsp3) is 0.0667. The van der Waals surface area contributed by atoms with Crippen molar-refractivity contribution in [2.75, 3.05) is 17.1 Å². The van der Waals surface area contributed by atoms with Crippen LogP contribution in [-0.2, 0) is 10.0 Å². The van der Waals surface area contributed by atoms with Gasteiger partial charge in [-0.15, -0.1) is 21.5 Å². The number of anilines is 3. The third kappa shape index (κ3) is 4.19. The highest BCUT2D eigenvalue weighted by atomic mass is 35.5. The Balaban J connectivity index is 1.74. The second-order valence-corrected chi connectivity index (χ2v) is 8.42. The Morgan fingerprint density at radius 2 is 1.76 bits per heavy atom. The molecule has 3 aromatic rings. The minimum atomic E-state index is -3.73. The maximum atomic E-state index is 12.2. The fourth-order valence-electron chi connectivity index (χ4n) is 1.97. The summed E-state index contributed by atoms with van der Waals surface area (Å²) in [4.78, 5) is 0. The fourth-order valence-corrected chi connectivity index (χ4v) is 4.45.